The minimum Gasteiger partial charge on any atom is -0.448 e. The summed E-state index contributed by atoms with van der Waals surface area (Å²) in [4.78, 5) is 27.3. The monoisotopic (exact) mass is 442 g/mol. The molecule has 7 nitrogen and oxygen atoms in total. The van der Waals surface area contributed by atoms with Crippen molar-refractivity contribution in [2.75, 3.05) is 23.7 Å². The maximum absolute atomic E-state index is 12.7. The van der Waals surface area contributed by atoms with Crippen molar-refractivity contribution in [2.45, 2.75) is 43.2 Å². The van der Waals surface area contributed by atoms with Gasteiger partial charge in [0.2, 0.25) is 0 Å². The van der Waals surface area contributed by atoms with E-state index in [0.717, 1.165) is 37.2 Å². The molecule has 0 bridgehead atoms. The van der Waals surface area contributed by atoms with Crippen LogP contribution in [0.5, 0.6) is 0 Å². The van der Waals surface area contributed by atoms with E-state index in [1.165, 1.54) is 0 Å². The predicted octanol–water partition coefficient (Wildman–Crippen LogP) is 2.35. The number of hydrogen-bond donors (Lipinski definition) is 1. The lowest BCUT2D eigenvalue weighted by molar-refractivity contribution is -0.131. The van der Waals surface area contributed by atoms with E-state index in [2.05, 4.69) is 10.2 Å². The van der Waals surface area contributed by atoms with Gasteiger partial charge in [-0.2, -0.15) is 0 Å². The highest BCUT2D eigenvalue weighted by atomic mass is 32.2. The molecule has 0 spiro atoms. The van der Waals surface area contributed by atoms with Crippen LogP contribution in [0.4, 0.5) is 5.69 Å². The van der Waals surface area contributed by atoms with E-state index in [1.54, 1.807) is 31.2 Å². The lowest BCUT2D eigenvalue weighted by Gasteiger charge is -2.35. The van der Waals surface area contributed by atoms with Gasteiger partial charge in [-0.05, 0) is 48.7 Å². The number of rotatable bonds is 5. The van der Waals surface area contributed by atoms with Crippen LogP contribution in [0.2, 0.25) is 0 Å². The van der Waals surface area contributed by atoms with Gasteiger partial charge < -0.3 is 15.0 Å². The predicted molar refractivity (Wildman–Crippen MR) is 117 cm³/mol. The molecular weight excluding hydrogens is 416 g/mol. The average Bonchev–Trinajstić information content (AvgIpc) is 2.79. The van der Waals surface area contributed by atoms with Gasteiger partial charge >= 0.3 is 5.97 Å². The summed E-state index contributed by atoms with van der Waals surface area (Å²) in [5, 5.41) is 3.03. The molecule has 2 aliphatic heterocycles. The van der Waals surface area contributed by atoms with Crippen LogP contribution >= 0.6 is 0 Å². The molecule has 31 heavy (non-hydrogen) atoms. The van der Waals surface area contributed by atoms with Gasteiger partial charge in [0.05, 0.1) is 16.2 Å². The number of fused-ring (bicyclic) bond motifs is 1. The summed E-state index contributed by atoms with van der Waals surface area (Å²) < 4.78 is 29.3. The first-order chi connectivity index (χ1) is 14.9. The maximum atomic E-state index is 12.7. The largest absolute Gasteiger partial charge is 0.448 e. The van der Waals surface area contributed by atoms with E-state index in [0.29, 0.717) is 16.9 Å². The number of sulfone groups is 1. The number of anilines is 1. The summed E-state index contributed by atoms with van der Waals surface area (Å²) >= 11 is 0. The van der Waals surface area contributed by atoms with Crippen LogP contribution in [0, 0.1) is 0 Å². The Kier molecular flexibility index (Phi) is 6.00. The van der Waals surface area contributed by atoms with Crippen molar-refractivity contribution < 1.29 is 22.7 Å². The van der Waals surface area contributed by atoms with E-state index in [4.69, 9.17) is 4.74 Å². The van der Waals surface area contributed by atoms with Crippen molar-refractivity contribution >= 4 is 27.4 Å². The van der Waals surface area contributed by atoms with Crippen molar-refractivity contribution in [3.8, 4) is 0 Å². The SMILES string of the molecule is CCS(=O)(=O)c1ccc(N2CCC(NC(=O)[C@@H]3Cc4ccccc4C(=O)O3)CC2)cc1. The number of hydrogen-bond acceptors (Lipinski definition) is 6. The fraction of sp³-hybridized carbons (Fsp3) is 0.391. The average molecular weight is 443 g/mol. The lowest BCUT2D eigenvalue weighted by atomic mass is 9.97. The van der Waals surface area contributed by atoms with Crippen LogP contribution in [0.3, 0.4) is 0 Å². The first kappa shape index (κ1) is 21.4. The summed E-state index contributed by atoms with van der Waals surface area (Å²) in [6, 6.07) is 14.2. The highest BCUT2D eigenvalue weighted by Crippen LogP contribution is 2.24. The quantitative estimate of drug-likeness (QED) is 0.715. The standard InChI is InChI=1S/C23H26N2O5S/c1-2-31(28,29)19-9-7-18(8-10-19)25-13-11-17(12-14-25)24-22(26)21-15-16-5-3-4-6-20(16)23(27)30-21/h3-10,17,21H,2,11-15H2,1H3,(H,24,26)/t21-/m0/s1. The summed E-state index contributed by atoms with van der Waals surface area (Å²) in [5.41, 5.74) is 2.33. The molecule has 4 rings (SSSR count). The van der Waals surface area contributed by atoms with Gasteiger partial charge in [-0.3, -0.25) is 4.79 Å². The highest BCUT2D eigenvalue weighted by Gasteiger charge is 2.32. The molecule has 0 unspecified atom stereocenters. The Labute approximate surface area is 182 Å². The molecule has 2 aliphatic rings. The second-order valence-electron chi connectivity index (χ2n) is 7.92. The van der Waals surface area contributed by atoms with Crippen LogP contribution < -0.4 is 10.2 Å². The number of esters is 1. The van der Waals surface area contributed by atoms with Crippen LogP contribution in [0.25, 0.3) is 0 Å². The third-order valence-electron chi connectivity index (χ3n) is 5.97. The molecule has 1 N–H and O–H groups in total. The minimum absolute atomic E-state index is 0.0133. The first-order valence-electron chi connectivity index (χ1n) is 10.5. The van der Waals surface area contributed by atoms with Crippen molar-refractivity contribution in [3.63, 3.8) is 0 Å². The fourth-order valence-corrected chi connectivity index (χ4v) is 4.97. The number of amides is 1. The second kappa shape index (κ2) is 8.70. The van der Waals surface area contributed by atoms with Gasteiger partial charge in [0.15, 0.2) is 15.9 Å². The summed E-state index contributed by atoms with van der Waals surface area (Å²) in [6.45, 7) is 3.13. The molecule has 2 heterocycles. The third-order valence-corrected chi connectivity index (χ3v) is 7.72. The molecule has 2 aromatic rings. The maximum Gasteiger partial charge on any atom is 0.339 e. The molecule has 0 radical (unpaired) electrons. The number of ether oxygens (including phenoxy) is 1. The summed E-state index contributed by atoms with van der Waals surface area (Å²) in [7, 11) is -3.20. The Morgan fingerprint density at radius 1 is 1.10 bits per heavy atom. The van der Waals surface area contributed by atoms with Crippen LogP contribution in [0.1, 0.15) is 35.7 Å². The first-order valence-corrected chi connectivity index (χ1v) is 12.2. The Morgan fingerprint density at radius 2 is 1.77 bits per heavy atom. The van der Waals surface area contributed by atoms with Crippen molar-refractivity contribution in [3.05, 3.63) is 59.7 Å². The zero-order chi connectivity index (χ0) is 22.0. The van der Waals surface area contributed by atoms with E-state index >= 15 is 0 Å². The number of nitrogens with one attached hydrogen (secondary N) is 1. The molecule has 0 aromatic heterocycles. The number of piperidine rings is 1. The molecule has 1 saturated heterocycles. The molecular formula is C23H26N2O5S. The second-order valence-corrected chi connectivity index (χ2v) is 10.2. The van der Waals surface area contributed by atoms with E-state index in [1.807, 2.05) is 24.3 Å². The van der Waals surface area contributed by atoms with Gasteiger partial charge in [-0.1, -0.05) is 25.1 Å². The number of benzene rings is 2. The molecule has 1 atom stereocenters. The summed E-state index contributed by atoms with van der Waals surface area (Å²) in [6.07, 6.45) is 1.11. The van der Waals surface area contributed by atoms with E-state index < -0.39 is 21.9 Å². The van der Waals surface area contributed by atoms with Crippen molar-refractivity contribution in [1.82, 2.24) is 5.32 Å². The Hall–Kier alpha value is -2.87. The fourth-order valence-electron chi connectivity index (χ4n) is 4.08. The molecule has 2 aromatic carbocycles. The van der Waals surface area contributed by atoms with Crippen LogP contribution in [-0.4, -0.2) is 51.3 Å². The van der Waals surface area contributed by atoms with Gasteiger partial charge in [0.25, 0.3) is 5.91 Å². The number of carbonyl (C=O) groups is 2. The van der Waals surface area contributed by atoms with Crippen LogP contribution in [0.15, 0.2) is 53.4 Å². The number of cyclic esters (lactones) is 1. The van der Waals surface area contributed by atoms with E-state index in [-0.39, 0.29) is 17.7 Å². The van der Waals surface area contributed by atoms with Gasteiger partial charge in [-0.25, -0.2) is 13.2 Å². The molecule has 8 heteroatoms. The van der Waals surface area contributed by atoms with Crippen molar-refractivity contribution in [2.24, 2.45) is 0 Å². The molecule has 0 saturated carbocycles. The lowest BCUT2D eigenvalue weighted by Crippen LogP contribution is -2.49. The minimum atomic E-state index is -3.20. The normalized spacial score (nSPS) is 19.5. The van der Waals surface area contributed by atoms with Gasteiger partial charge in [0.1, 0.15) is 0 Å². The Bertz CT molecular complexity index is 1070. The van der Waals surface area contributed by atoms with Crippen LogP contribution in [-0.2, 0) is 25.8 Å². The molecule has 0 aliphatic carbocycles. The highest BCUT2D eigenvalue weighted by molar-refractivity contribution is 7.91. The number of nitrogens with zero attached hydrogens (tertiary/aromatic N) is 1. The zero-order valence-electron chi connectivity index (χ0n) is 17.4. The van der Waals surface area contributed by atoms with Gasteiger partial charge in [-0.15, -0.1) is 0 Å². The molecule has 164 valence electrons. The number of carbonyl (C=O) groups excluding carboxylic acids is 2. The third kappa shape index (κ3) is 4.58. The topological polar surface area (TPSA) is 92.8 Å². The Balaban J connectivity index is 1.31. The van der Waals surface area contributed by atoms with E-state index in [9.17, 15) is 18.0 Å². The molecule has 1 amide bonds. The smallest absolute Gasteiger partial charge is 0.339 e. The molecule has 1 fully saturated rings. The zero-order valence-corrected chi connectivity index (χ0v) is 18.2. The van der Waals surface area contributed by atoms with Gasteiger partial charge in [0, 0.05) is 31.2 Å². The summed E-state index contributed by atoms with van der Waals surface area (Å²) in [5.74, 6) is -0.625. The Morgan fingerprint density at radius 3 is 2.45 bits per heavy atom. The van der Waals surface area contributed by atoms with Crippen molar-refractivity contribution in [1.29, 1.82) is 0 Å².